The van der Waals surface area contributed by atoms with Crippen LogP contribution in [0.4, 0.5) is 0 Å². The van der Waals surface area contributed by atoms with Gasteiger partial charge < -0.3 is 10.2 Å². The minimum absolute atomic E-state index is 0.0898. The molecule has 1 unspecified atom stereocenters. The lowest BCUT2D eigenvalue weighted by Crippen LogP contribution is -2.32. The number of sulfonamides is 1. The van der Waals surface area contributed by atoms with Gasteiger partial charge in [0.2, 0.25) is 10.0 Å². The van der Waals surface area contributed by atoms with Crippen molar-refractivity contribution in [2.45, 2.75) is 30.8 Å². The zero-order chi connectivity index (χ0) is 14.5. The molecule has 0 fully saturated rings. The zero-order valence-corrected chi connectivity index (χ0v) is 11.4. The Labute approximate surface area is 112 Å². The molecule has 1 atom stereocenters. The predicted octanol–water partition coefficient (Wildman–Crippen LogP) is 0.824. The molecule has 0 aliphatic carbocycles. The van der Waals surface area contributed by atoms with Crippen LogP contribution in [0.2, 0.25) is 0 Å². The summed E-state index contributed by atoms with van der Waals surface area (Å²) in [5.74, 6) is -1.19. The summed E-state index contributed by atoms with van der Waals surface area (Å²) in [5, 5.41) is 18.3. The maximum Gasteiger partial charge on any atom is 0.335 e. The standard InChI is InChI=1S/C12H17NO5S/c1-2-4-10(14)8-13-19(17,18)11-6-3-5-9(7-11)12(15)16/h3,5-7,10,13-14H,2,4,8H2,1H3,(H,15,16). The van der Waals surface area contributed by atoms with E-state index in [0.717, 1.165) is 12.5 Å². The molecule has 19 heavy (non-hydrogen) atoms. The highest BCUT2D eigenvalue weighted by atomic mass is 32.2. The molecule has 1 aromatic rings. The summed E-state index contributed by atoms with van der Waals surface area (Å²) in [6.07, 6.45) is 0.497. The fourth-order valence-electron chi connectivity index (χ4n) is 1.52. The van der Waals surface area contributed by atoms with Crippen LogP contribution in [0.15, 0.2) is 29.2 Å². The van der Waals surface area contributed by atoms with Crippen molar-refractivity contribution >= 4 is 16.0 Å². The molecule has 0 amide bonds. The molecule has 0 radical (unpaired) electrons. The molecule has 106 valence electrons. The first-order chi connectivity index (χ1) is 8.86. The number of aliphatic hydroxyl groups is 1. The zero-order valence-electron chi connectivity index (χ0n) is 10.5. The average molecular weight is 287 g/mol. The molecule has 1 aromatic carbocycles. The van der Waals surface area contributed by atoms with Crippen LogP contribution in [0.3, 0.4) is 0 Å². The lowest BCUT2D eigenvalue weighted by molar-refractivity contribution is 0.0696. The van der Waals surface area contributed by atoms with Gasteiger partial charge in [0.25, 0.3) is 0 Å². The molecule has 1 rings (SSSR count). The van der Waals surface area contributed by atoms with Crippen LogP contribution < -0.4 is 4.72 Å². The second-order valence-corrected chi connectivity index (χ2v) is 5.89. The molecule has 0 saturated carbocycles. The van der Waals surface area contributed by atoms with Crippen molar-refractivity contribution in [3.8, 4) is 0 Å². The van der Waals surface area contributed by atoms with E-state index in [4.69, 9.17) is 5.11 Å². The van der Waals surface area contributed by atoms with Gasteiger partial charge in [0.15, 0.2) is 0 Å². The summed E-state index contributed by atoms with van der Waals surface area (Å²) in [4.78, 5) is 10.6. The van der Waals surface area contributed by atoms with Crippen LogP contribution in [-0.2, 0) is 10.0 Å². The van der Waals surface area contributed by atoms with Gasteiger partial charge in [-0.3, -0.25) is 0 Å². The number of benzene rings is 1. The van der Waals surface area contributed by atoms with E-state index in [-0.39, 0.29) is 17.0 Å². The number of carboxylic acids is 1. The molecule has 3 N–H and O–H groups in total. The number of hydrogen-bond donors (Lipinski definition) is 3. The third kappa shape index (κ3) is 4.62. The van der Waals surface area contributed by atoms with Crippen LogP contribution in [0, 0.1) is 0 Å². The number of nitrogens with one attached hydrogen (secondary N) is 1. The van der Waals surface area contributed by atoms with Gasteiger partial charge in [-0.25, -0.2) is 17.9 Å². The van der Waals surface area contributed by atoms with Crippen LogP contribution in [0.25, 0.3) is 0 Å². The third-order valence-electron chi connectivity index (χ3n) is 2.52. The van der Waals surface area contributed by atoms with Crippen molar-refractivity contribution in [2.75, 3.05) is 6.54 Å². The predicted molar refractivity (Wildman–Crippen MR) is 69.5 cm³/mol. The van der Waals surface area contributed by atoms with Crippen LogP contribution in [0.1, 0.15) is 30.1 Å². The minimum atomic E-state index is -3.80. The van der Waals surface area contributed by atoms with E-state index in [9.17, 15) is 18.3 Å². The fourth-order valence-corrected chi connectivity index (χ4v) is 2.64. The van der Waals surface area contributed by atoms with Gasteiger partial charge in [-0.05, 0) is 24.6 Å². The van der Waals surface area contributed by atoms with E-state index in [1.165, 1.54) is 18.2 Å². The topological polar surface area (TPSA) is 104 Å². The number of carboxylic acid groups (broad SMARTS) is 1. The van der Waals surface area contributed by atoms with Crippen molar-refractivity contribution in [1.29, 1.82) is 0 Å². The Morgan fingerprint density at radius 1 is 1.42 bits per heavy atom. The lowest BCUT2D eigenvalue weighted by atomic mass is 10.2. The van der Waals surface area contributed by atoms with Crippen LogP contribution >= 0.6 is 0 Å². The monoisotopic (exact) mass is 287 g/mol. The summed E-state index contributed by atoms with van der Waals surface area (Å²) in [6, 6.07) is 5.06. The molecule has 6 nitrogen and oxygen atoms in total. The Balaban J connectivity index is 2.83. The second kappa shape index (κ2) is 6.65. The summed E-state index contributed by atoms with van der Waals surface area (Å²) in [6.45, 7) is 1.79. The van der Waals surface area contributed by atoms with Gasteiger partial charge in [0.1, 0.15) is 0 Å². The van der Waals surface area contributed by atoms with E-state index in [1.807, 2.05) is 6.92 Å². The van der Waals surface area contributed by atoms with Crippen molar-refractivity contribution in [1.82, 2.24) is 4.72 Å². The quantitative estimate of drug-likeness (QED) is 0.689. The van der Waals surface area contributed by atoms with Gasteiger partial charge in [0, 0.05) is 6.54 Å². The maximum absolute atomic E-state index is 11.9. The highest BCUT2D eigenvalue weighted by Gasteiger charge is 2.17. The fraction of sp³-hybridized carbons (Fsp3) is 0.417. The Bertz CT molecular complexity index is 541. The van der Waals surface area contributed by atoms with Crippen molar-refractivity contribution in [3.63, 3.8) is 0 Å². The minimum Gasteiger partial charge on any atom is -0.478 e. The van der Waals surface area contributed by atoms with Gasteiger partial charge in [-0.2, -0.15) is 0 Å². The summed E-state index contributed by atoms with van der Waals surface area (Å²) in [7, 11) is -3.80. The van der Waals surface area contributed by atoms with Gasteiger partial charge in [0.05, 0.1) is 16.6 Å². The Morgan fingerprint density at radius 2 is 2.11 bits per heavy atom. The highest BCUT2D eigenvalue weighted by molar-refractivity contribution is 7.89. The Kier molecular flexibility index (Phi) is 5.46. The molecule has 0 saturated heterocycles. The van der Waals surface area contributed by atoms with E-state index in [1.54, 1.807) is 0 Å². The molecular weight excluding hydrogens is 270 g/mol. The summed E-state index contributed by atoms with van der Waals surface area (Å²) < 4.78 is 26.1. The average Bonchev–Trinajstić information content (AvgIpc) is 2.37. The smallest absolute Gasteiger partial charge is 0.335 e. The van der Waals surface area contributed by atoms with E-state index in [2.05, 4.69) is 4.72 Å². The molecule has 0 aliphatic heterocycles. The first kappa shape index (κ1) is 15.6. The molecule has 0 bridgehead atoms. The summed E-state index contributed by atoms with van der Waals surface area (Å²) >= 11 is 0. The normalized spacial score (nSPS) is 13.2. The molecule has 0 spiro atoms. The third-order valence-corrected chi connectivity index (χ3v) is 3.94. The van der Waals surface area contributed by atoms with Gasteiger partial charge in [-0.1, -0.05) is 19.4 Å². The molecule has 0 aromatic heterocycles. The number of rotatable bonds is 7. The van der Waals surface area contributed by atoms with E-state index < -0.39 is 22.1 Å². The largest absolute Gasteiger partial charge is 0.478 e. The Hall–Kier alpha value is -1.44. The molecule has 0 heterocycles. The van der Waals surface area contributed by atoms with Crippen LogP contribution in [0.5, 0.6) is 0 Å². The summed E-state index contributed by atoms with van der Waals surface area (Å²) in [5.41, 5.74) is -0.100. The highest BCUT2D eigenvalue weighted by Crippen LogP contribution is 2.11. The van der Waals surface area contributed by atoms with Crippen LogP contribution in [-0.4, -0.2) is 37.2 Å². The number of aromatic carboxylic acids is 1. The number of carbonyl (C=O) groups is 1. The molecule has 0 aliphatic rings. The first-order valence-corrected chi connectivity index (χ1v) is 7.36. The SMILES string of the molecule is CCCC(O)CNS(=O)(=O)c1cccc(C(=O)O)c1. The lowest BCUT2D eigenvalue weighted by Gasteiger charge is -2.11. The Morgan fingerprint density at radius 3 is 2.68 bits per heavy atom. The number of hydrogen-bond acceptors (Lipinski definition) is 4. The van der Waals surface area contributed by atoms with Crippen molar-refractivity contribution < 1.29 is 23.4 Å². The first-order valence-electron chi connectivity index (χ1n) is 5.88. The van der Waals surface area contributed by atoms with E-state index >= 15 is 0 Å². The van der Waals surface area contributed by atoms with E-state index in [0.29, 0.717) is 6.42 Å². The maximum atomic E-state index is 11.9. The molecular formula is C12H17NO5S. The number of aliphatic hydroxyl groups excluding tert-OH is 1. The van der Waals surface area contributed by atoms with Gasteiger partial charge in [-0.15, -0.1) is 0 Å². The second-order valence-electron chi connectivity index (χ2n) is 4.13. The van der Waals surface area contributed by atoms with Crippen molar-refractivity contribution in [3.05, 3.63) is 29.8 Å². The van der Waals surface area contributed by atoms with Crippen molar-refractivity contribution in [2.24, 2.45) is 0 Å². The molecule has 7 heteroatoms. The van der Waals surface area contributed by atoms with Gasteiger partial charge >= 0.3 is 5.97 Å².